The van der Waals surface area contributed by atoms with Gasteiger partial charge in [-0.25, -0.2) is 0 Å². The zero-order valence-electron chi connectivity index (χ0n) is 15.7. The van der Waals surface area contributed by atoms with Crippen molar-refractivity contribution in [3.63, 3.8) is 0 Å². The molecular formula is C22H23N3O2. The van der Waals surface area contributed by atoms with E-state index < -0.39 is 0 Å². The van der Waals surface area contributed by atoms with Crippen molar-refractivity contribution in [3.8, 4) is 5.75 Å². The number of hydrogen-bond acceptors (Lipinski definition) is 4. The van der Waals surface area contributed by atoms with Crippen molar-refractivity contribution >= 4 is 23.0 Å². The molecular weight excluding hydrogens is 338 g/mol. The molecule has 0 spiro atoms. The topological polar surface area (TPSA) is 63.2 Å². The maximum absolute atomic E-state index is 12.6. The van der Waals surface area contributed by atoms with Crippen LogP contribution in [-0.4, -0.2) is 17.5 Å². The van der Waals surface area contributed by atoms with Gasteiger partial charge in [0.05, 0.1) is 24.1 Å². The number of para-hydroxylation sites is 1. The fraction of sp³-hybridized carbons (Fsp3) is 0.182. The third kappa shape index (κ3) is 4.64. The fourth-order valence-electron chi connectivity index (χ4n) is 2.80. The molecule has 0 unspecified atom stereocenters. The van der Waals surface area contributed by atoms with Crippen LogP contribution in [0.4, 0.5) is 17.1 Å². The van der Waals surface area contributed by atoms with Gasteiger partial charge in [0.1, 0.15) is 5.75 Å². The molecule has 0 bridgehead atoms. The van der Waals surface area contributed by atoms with E-state index in [9.17, 15) is 4.79 Å². The average molecular weight is 361 g/mol. The zero-order chi connectivity index (χ0) is 19.2. The lowest BCUT2D eigenvalue weighted by molar-refractivity contribution is 0.102. The minimum atomic E-state index is -0.185. The maximum Gasteiger partial charge on any atom is 0.257 e. The second-order valence-electron chi connectivity index (χ2n) is 6.27. The van der Waals surface area contributed by atoms with E-state index in [1.807, 2.05) is 63.2 Å². The molecule has 27 heavy (non-hydrogen) atoms. The van der Waals surface area contributed by atoms with Crippen molar-refractivity contribution in [1.82, 2.24) is 4.98 Å². The Hall–Kier alpha value is -3.34. The number of ether oxygens (including phenoxy) is 1. The molecule has 5 heteroatoms. The quantitative estimate of drug-likeness (QED) is 0.642. The minimum Gasteiger partial charge on any atom is -0.494 e. The normalized spacial score (nSPS) is 10.3. The van der Waals surface area contributed by atoms with Crippen LogP contribution in [0.15, 0.2) is 60.9 Å². The average Bonchev–Trinajstić information content (AvgIpc) is 2.67. The molecule has 0 saturated carbocycles. The van der Waals surface area contributed by atoms with Crippen LogP contribution in [0, 0.1) is 13.8 Å². The molecule has 3 aromatic rings. The molecule has 1 aromatic heterocycles. The van der Waals surface area contributed by atoms with Gasteiger partial charge in [0.25, 0.3) is 5.91 Å². The van der Waals surface area contributed by atoms with Crippen molar-refractivity contribution in [3.05, 3.63) is 77.6 Å². The van der Waals surface area contributed by atoms with Gasteiger partial charge in [-0.2, -0.15) is 0 Å². The fourth-order valence-corrected chi connectivity index (χ4v) is 2.80. The van der Waals surface area contributed by atoms with Gasteiger partial charge in [-0.05, 0) is 62.2 Å². The first-order valence-corrected chi connectivity index (χ1v) is 8.89. The smallest absolute Gasteiger partial charge is 0.257 e. The molecule has 2 aromatic carbocycles. The molecule has 0 saturated heterocycles. The van der Waals surface area contributed by atoms with Crippen molar-refractivity contribution < 1.29 is 9.53 Å². The Labute approximate surface area is 159 Å². The lowest BCUT2D eigenvalue weighted by Gasteiger charge is -2.12. The molecule has 0 aliphatic carbocycles. The van der Waals surface area contributed by atoms with Gasteiger partial charge < -0.3 is 15.4 Å². The second-order valence-corrected chi connectivity index (χ2v) is 6.27. The third-order valence-electron chi connectivity index (χ3n) is 4.17. The number of aryl methyl sites for hydroxylation is 2. The summed E-state index contributed by atoms with van der Waals surface area (Å²) in [5.74, 6) is 0.637. The Morgan fingerprint density at radius 2 is 1.70 bits per heavy atom. The summed E-state index contributed by atoms with van der Waals surface area (Å²) >= 11 is 0. The Bertz CT molecular complexity index is 916. The summed E-state index contributed by atoms with van der Waals surface area (Å²) < 4.78 is 5.44. The zero-order valence-corrected chi connectivity index (χ0v) is 15.7. The van der Waals surface area contributed by atoms with E-state index >= 15 is 0 Å². The molecule has 1 amide bonds. The molecule has 5 nitrogen and oxygen atoms in total. The lowest BCUT2D eigenvalue weighted by atomic mass is 10.1. The van der Waals surface area contributed by atoms with Crippen molar-refractivity contribution in [2.45, 2.75) is 20.8 Å². The molecule has 0 atom stereocenters. The summed E-state index contributed by atoms with van der Waals surface area (Å²) in [7, 11) is 0. The Kier molecular flexibility index (Phi) is 5.71. The van der Waals surface area contributed by atoms with E-state index in [0.29, 0.717) is 12.2 Å². The Morgan fingerprint density at radius 3 is 2.37 bits per heavy atom. The standard InChI is InChI=1S/C22H23N3O2/c1-4-27-20-10-8-18(9-11-20)24-19-12-17(13-23-14-19)22(26)25-21-15(2)6-5-7-16(21)3/h5-14,24H,4H2,1-3H3,(H,25,26). The van der Waals surface area contributed by atoms with Crippen LogP contribution < -0.4 is 15.4 Å². The highest BCUT2D eigenvalue weighted by molar-refractivity contribution is 6.05. The largest absolute Gasteiger partial charge is 0.494 e. The number of nitrogens with one attached hydrogen (secondary N) is 2. The monoisotopic (exact) mass is 361 g/mol. The van der Waals surface area contributed by atoms with Gasteiger partial charge >= 0.3 is 0 Å². The van der Waals surface area contributed by atoms with Crippen LogP contribution in [0.2, 0.25) is 0 Å². The number of hydrogen-bond donors (Lipinski definition) is 2. The van der Waals surface area contributed by atoms with Gasteiger partial charge in [-0.15, -0.1) is 0 Å². The van der Waals surface area contributed by atoms with Gasteiger partial charge in [-0.3, -0.25) is 9.78 Å². The minimum absolute atomic E-state index is 0.185. The highest BCUT2D eigenvalue weighted by Gasteiger charge is 2.11. The van der Waals surface area contributed by atoms with Crippen LogP contribution >= 0.6 is 0 Å². The first-order valence-electron chi connectivity index (χ1n) is 8.89. The van der Waals surface area contributed by atoms with E-state index in [4.69, 9.17) is 4.74 Å². The highest BCUT2D eigenvalue weighted by Crippen LogP contribution is 2.22. The number of carbonyl (C=O) groups is 1. The van der Waals surface area contributed by atoms with E-state index in [1.165, 1.54) is 0 Å². The molecule has 2 N–H and O–H groups in total. The van der Waals surface area contributed by atoms with Gasteiger partial charge in [0.2, 0.25) is 0 Å². The van der Waals surface area contributed by atoms with Gasteiger partial charge in [-0.1, -0.05) is 18.2 Å². The van der Waals surface area contributed by atoms with Crippen LogP contribution in [0.25, 0.3) is 0 Å². The summed E-state index contributed by atoms with van der Waals surface area (Å²) in [5, 5.41) is 6.24. The summed E-state index contributed by atoms with van der Waals surface area (Å²) in [4.78, 5) is 16.8. The third-order valence-corrected chi connectivity index (χ3v) is 4.17. The van der Waals surface area contributed by atoms with Crippen LogP contribution in [-0.2, 0) is 0 Å². The van der Waals surface area contributed by atoms with Crippen LogP contribution in [0.3, 0.4) is 0 Å². The van der Waals surface area contributed by atoms with Crippen LogP contribution in [0.1, 0.15) is 28.4 Å². The van der Waals surface area contributed by atoms with Gasteiger partial charge in [0, 0.05) is 17.6 Å². The van der Waals surface area contributed by atoms with Crippen molar-refractivity contribution in [2.24, 2.45) is 0 Å². The summed E-state index contributed by atoms with van der Waals surface area (Å²) in [6.07, 6.45) is 3.25. The number of anilines is 3. The van der Waals surface area contributed by atoms with E-state index in [2.05, 4.69) is 15.6 Å². The number of nitrogens with zero attached hydrogens (tertiary/aromatic N) is 1. The second kappa shape index (κ2) is 8.36. The number of aromatic nitrogens is 1. The van der Waals surface area contributed by atoms with Crippen molar-refractivity contribution in [2.75, 3.05) is 17.2 Å². The SMILES string of the molecule is CCOc1ccc(Nc2cncc(C(=O)Nc3c(C)cccc3C)c2)cc1. The predicted molar refractivity (Wildman–Crippen MR) is 109 cm³/mol. The number of benzene rings is 2. The summed E-state index contributed by atoms with van der Waals surface area (Å²) in [6.45, 7) is 6.54. The molecule has 0 aliphatic rings. The number of carbonyl (C=O) groups excluding carboxylic acids is 1. The summed E-state index contributed by atoms with van der Waals surface area (Å²) in [5.41, 5.74) is 5.03. The first-order chi connectivity index (χ1) is 13.1. The van der Waals surface area contributed by atoms with E-state index in [-0.39, 0.29) is 5.91 Å². The maximum atomic E-state index is 12.6. The van der Waals surface area contributed by atoms with Crippen molar-refractivity contribution in [1.29, 1.82) is 0 Å². The Morgan fingerprint density at radius 1 is 1.00 bits per heavy atom. The molecule has 138 valence electrons. The highest BCUT2D eigenvalue weighted by atomic mass is 16.5. The lowest BCUT2D eigenvalue weighted by Crippen LogP contribution is -2.14. The first kappa shape index (κ1) is 18.5. The molecule has 0 fully saturated rings. The molecule has 0 radical (unpaired) electrons. The molecule has 1 heterocycles. The Balaban J connectivity index is 1.74. The molecule has 3 rings (SSSR count). The van der Waals surface area contributed by atoms with Crippen LogP contribution in [0.5, 0.6) is 5.75 Å². The predicted octanol–water partition coefficient (Wildman–Crippen LogP) is 5.09. The number of rotatable bonds is 6. The van der Waals surface area contributed by atoms with Gasteiger partial charge in [0.15, 0.2) is 0 Å². The van der Waals surface area contributed by atoms with E-state index in [0.717, 1.165) is 33.9 Å². The number of pyridine rings is 1. The molecule has 0 aliphatic heterocycles. The number of amides is 1. The summed E-state index contributed by atoms with van der Waals surface area (Å²) in [6, 6.07) is 15.4. The van der Waals surface area contributed by atoms with E-state index in [1.54, 1.807) is 18.5 Å².